The van der Waals surface area contributed by atoms with Crippen LogP contribution in [0.1, 0.15) is 29.7 Å². The molecule has 0 radical (unpaired) electrons. The van der Waals surface area contributed by atoms with Crippen LogP contribution in [0.25, 0.3) is 0 Å². The minimum Gasteiger partial charge on any atom is -0.505 e. The number of nitrogens with one attached hydrogen (secondary N) is 1. The van der Waals surface area contributed by atoms with Crippen molar-refractivity contribution in [1.82, 2.24) is 9.78 Å². The lowest BCUT2D eigenvalue weighted by atomic mass is 10.0. The normalized spacial score (nSPS) is 11.2. The minimum atomic E-state index is -0.910. The van der Waals surface area contributed by atoms with Crippen molar-refractivity contribution in [3.8, 4) is 5.75 Å². The highest BCUT2D eigenvalue weighted by molar-refractivity contribution is 5.66. The predicted molar refractivity (Wildman–Crippen MR) is 108 cm³/mol. The lowest BCUT2D eigenvalue weighted by Crippen LogP contribution is -2.17. The summed E-state index contributed by atoms with van der Waals surface area (Å²) in [5.74, 6) is -0.887. The molecule has 3 rings (SSSR count). The van der Waals surface area contributed by atoms with Crippen molar-refractivity contribution in [2.45, 2.75) is 32.7 Å². The second-order valence-corrected chi connectivity index (χ2v) is 6.69. The molecule has 0 atom stereocenters. The van der Waals surface area contributed by atoms with Crippen LogP contribution in [-0.2, 0) is 17.8 Å². The van der Waals surface area contributed by atoms with E-state index in [-0.39, 0.29) is 35.6 Å². The van der Waals surface area contributed by atoms with Crippen LogP contribution in [-0.4, -0.2) is 26.0 Å². The topological polar surface area (TPSA) is 120 Å². The van der Waals surface area contributed by atoms with Gasteiger partial charge in [-0.05, 0) is 25.0 Å². The number of hydrogen-bond acceptors (Lipinski definition) is 5. The molecule has 0 bridgehead atoms. The van der Waals surface area contributed by atoms with Gasteiger partial charge in [-0.3, -0.25) is 19.4 Å². The molecule has 8 heteroatoms. The van der Waals surface area contributed by atoms with Gasteiger partial charge in [0.2, 0.25) is 0 Å². The van der Waals surface area contributed by atoms with Gasteiger partial charge in [0.15, 0.2) is 5.69 Å². The third kappa shape index (κ3) is 4.98. The summed E-state index contributed by atoms with van der Waals surface area (Å²) in [6, 6.07) is 15.0. The van der Waals surface area contributed by atoms with Gasteiger partial charge >= 0.3 is 5.97 Å². The minimum absolute atomic E-state index is 0.0232. The first-order valence-electron chi connectivity index (χ1n) is 9.23. The molecule has 3 aromatic rings. The van der Waals surface area contributed by atoms with E-state index in [0.29, 0.717) is 24.1 Å². The van der Waals surface area contributed by atoms with E-state index in [0.717, 1.165) is 5.56 Å². The molecule has 0 fully saturated rings. The molecule has 0 aliphatic rings. The Morgan fingerprint density at radius 1 is 1.10 bits per heavy atom. The fourth-order valence-corrected chi connectivity index (χ4v) is 2.98. The number of carbonyl (C=O) groups is 1. The molecule has 8 nitrogen and oxygen atoms in total. The number of aryl methyl sites for hydroxylation is 2. The van der Waals surface area contributed by atoms with Crippen LogP contribution in [0.4, 0.5) is 11.4 Å². The molecule has 0 aliphatic heterocycles. The summed E-state index contributed by atoms with van der Waals surface area (Å²) >= 11 is 0. The van der Waals surface area contributed by atoms with Gasteiger partial charge < -0.3 is 10.2 Å². The maximum Gasteiger partial charge on any atom is 0.303 e. The lowest BCUT2D eigenvalue weighted by Gasteiger charge is -2.06. The second-order valence-electron chi connectivity index (χ2n) is 6.69. The molecule has 1 heterocycles. The molecule has 2 aromatic carbocycles. The molecular formula is C21H22N4O4. The Labute approximate surface area is 167 Å². The Hall–Kier alpha value is -3.68. The molecule has 29 heavy (non-hydrogen) atoms. The third-order valence-electron chi connectivity index (χ3n) is 4.47. The van der Waals surface area contributed by atoms with Crippen molar-refractivity contribution in [3.63, 3.8) is 0 Å². The maximum atomic E-state index is 12.4. The smallest absolute Gasteiger partial charge is 0.303 e. The van der Waals surface area contributed by atoms with Crippen LogP contribution >= 0.6 is 0 Å². The summed E-state index contributed by atoms with van der Waals surface area (Å²) in [6.07, 6.45) is 0.854. The first-order chi connectivity index (χ1) is 14.0. The van der Waals surface area contributed by atoms with E-state index in [4.69, 9.17) is 5.11 Å². The van der Waals surface area contributed by atoms with Crippen molar-refractivity contribution in [1.29, 1.82) is 0 Å². The van der Waals surface area contributed by atoms with E-state index in [1.165, 1.54) is 4.68 Å². The molecule has 0 amide bonds. The summed E-state index contributed by atoms with van der Waals surface area (Å²) in [5, 5.41) is 30.2. The number of carboxylic acid groups (broad SMARTS) is 1. The van der Waals surface area contributed by atoms with Gasteiger partial charge in [-0.2, -0.15) is 0 Å². The number of para-hydroxylation sites is 1. The number of azo groups is 1. The highest BCUT2D eigenvalue weighted by Gasteiger charge is 2.12. The van der Waals surface area contributed by atoms with Gasteiger partial charge in [0, 0.05) is 24.9 Å². The fourth-order valence-electron chi connectivity index (χ4n) is 2.98. The monoisotopic (exact) mass is 394 g/mol. The quantitative estimate of drug-likeness (QED) is 0.499. The average Bonchev–Trinajstić information content (AvgIpc) is 2.96. The van der Waals surface area contributed by atoms with Crippen molar-refractivity contribution < 1.29 is 15.0 Å². The number of benzene rings is 2. The van der Waals surface area contributed by atoms with Crippen LogP contribution in [0, 0.1) is 6.92 Å². The number of nitrogens with zero attached hydrogens (tertiary/aromatic N) is 3. The van der Waals surface area contributed by atoms with E-state index in [2.05, 4.69) is 15.3 Å². The molecule has 0 saturated heterocycles. The van der Waals surface area contributed by atoms with E-state index in [1.807, 2.05) is 36.4 Å². The summed E-state index contributed by atoms with van der Waals surface area (Å²) in [7, 11) is 0. The number of phenolic OH excluding ortho intramolecular Hbond substituents is 1. The van der Waals surface area contributed by atoms with Crippen LogP contribution in [0.5, 0.6) is 5.75 Å². The number of H-pyrrole nitrogens is 1. The Balaban J connectivity index is 1.80. The number of rotatable bonds is 8. The van der Waals surface area contributed by atoms with Crippen LogP contribution < -0.4 is 5.56 Å². The lowest BCUT2D eigenvalue weighted by molar-refractivity contribution is -0.137. The standard InChI is InChI=1S/C21H22N4O4/c1-14-19(21(29)25(24-14)12-6-11-18(26)27)23-22-17-10-5-9-16(20(17)28)13-15-7-3-2-4-8-15/h2-5,7-10,24,28H,6,11-13H2,1H3,(H,26,27). The molecule has 0 aliphatic carbocycles. The second kappa shape index (κ2) is 9.01. The molecule has 0 unspecified atom stereocenters. The Morgan fingerprint density at radius 3 is 2.59 bits per heavy atom. The first-order valence-corrected chi connectivity index (χ1v) is 9.23. The number of aromatic hydroxyl groups is 1. The summed E-state index contributed by atoms with van der Waals surface area (Å²) in [5.41, 5.74) is 2.32. The van der Waals surface area contributed by atoms with E-state index < -0.39 is 5.97 Å². The number of hydrogen-bond donors (Lipinski definition) is 3. The zero-order valence-corrected chi connectivity index (χ0v) is 16.0. The fraction of sp³-hybridized carbons (Fsp3) is 0.238. The van der Waals surface area contributed by atoms with Crippen molar-refractivity contribution in [3.05, 3.63) is 75.7 Å². The maximum absolute atomic E-state index is 12.4. The van der Waals surface area contributed by atoms with E-state index in [1.54, 1.807) is 19.1 Å². The summed E-state index contributed by atoms with van der Waals surface area (Å²) < 4.78 is 1.32. The van der Waals surface area contributed by atoms with Gasteiger partial charge in [0.05, 0.1) is 5.69 Å². The largest absolute Gasteiger partial charge is 0.505 e. The SMILES string of the molecule is Cc1[nH]n(CCCC(=O)O)c(=O)c1N=Nc1cccc(Cc2ccccc2)c1O. The number of phenols is 1. The van der Waals surface area contributed by atoms with E-state index in [9.17, 15) is 14.7 Å². The van der Waals surface area contributed by atoms with Crippen molar-refractivity contribution >= 4 is 17.3 Å². The van der Waals surface area contributed by atoms with Gasteiger partial charge in [0.1, 0.15) is 11.4 Å². The van der Waals surface area contributed by atoms with Crippen molar-refractivity contribution in [2.75, 3.05) is 0 Å². The van der Waals surface area contributed by atoms with Gasteiger partial charge in [-0.1, -0.05) is 42.5 Å². The van der Waals surface area contributed by atoms with Gasteiger partial charge in [0.25, 0.3) is 5.56 Å². The molecule has 3 N–H and O–H groups in total. The highest BCUT2D eigenvalue weighted by atomic mass is 16.4. The number of aromatic amines is 1. The van der Waals surface area contributed by atoms with Crippen molar-refractivity contribution in [2.24, 2.45) is 10.2 Å². The van der Waals surface area contributed by atoms with Crippen LogP contribution in [0.3, 0.4) is 0 Å². The summed E-state index contributed by atoms with van der Waals surface area (Å²) in [4.78, 5) is 23.1. The Bertz CT molecular complexity index is 1080. The number of aromatic nitrogens is 2. The van der Waals surface area contributed by atoms with Crippen LogP contribution in [0.15, 0.2) is 63.6 Å². The Morgan fingerprint density at radius 2 is 1.86 bits per heavy atom. The molecule has 150 valence electrons. The highest BCUT2D eigenvalue weighted by Crippen LogP contribution is 2.32. The molecule has 1 aromatic heterocycles. The zero-order chi connectivity index (χ0) is 20.8. The Kier molecular flexibility index (Phi) is 6.23. The van der Waals surface area contributed by atoms with Gasteiger partial charge in [-0.25, -0.2) is 0 Å². The summed E-state index contributed by atoms with van der Waals surface area (Å²) in [6.45, 7) is 1.94. The molecule has 0 saturated carbocycles. The first kappa shape index (κ1) is 20.1. The predicted octanol–water partition coefficient (Wildman–Crippen LogP) is 4.06. The third-order valence-corrected chi connectivity index (χ3v) is 4.47. The number of aliphatic carboxylic acids is 1. The molecule has 0 spiro atoms. The van der Waals surface area contributed by atoms with Gasteiger partial charge in [-0.15, -0.1) is 10.2 Å². The van der Waals surface area contributed by atoms with E-state index >= 15 is 0 Å². The number of carboxylic acids is 1. The molecular weight excluding hydrogens is 372 g/mol. The zero-order valence-electron chi connectivity index (χ0n) is 16.0. The van der Waals surface area contributed by atoms with Crippen LogP contribution in [0.2, 0.25) is 0 Å². The average molecular weight is 394 g/mol.